The fourth-order valence-electron chi connectivity index (χ4n) is 4.29. The maximum absolute atomic E-state index is 13.1. The van der Waals surface area contributed by atoms with Crippen molar-refractivity contribution in [3.05, 3.63) is 71.5 Å². The van der Waals surface area contributed by atoms with Gasteiger partial charge in [-0.2, -0.15) is 0 Å². The number of rotatable bonds is 5. The first-order valence-corrected chi connectivity index (χ1v) is 9.15. The summed E-state index contributed by atoms with van der Waals surface area (Å²) in [5.74, 6) is 0.321. The van der Waals surface area contributed by atoms with Crippen molar-refractivity contribution in [3.8, 4) is 0 Å². The van der Waals surface area contributed by atoms with E-state index in [9.17, 15) is 9.50 Å². The lowest BCUT2D eigenvalue weighted by atomic mass is 9.72. The molecule has 1 atom stereocenters. The van der Waals surface area contributed by atoms with Crippen molar-refractivity contribution in [2.24, 2.45) is 5.92 Å². The van der Waals surface area contributed by atoms with Crippen molar-refractivity contribution in [1.82, 2.24) is 4.90 Å². The minimum absolute atomic E-state index is 0. The Bertz CT molecular complexity index is 666. The molecule has 0 saturated heterocycles. The molecule has 1 saturated carbocycles. The van der Waals surface area contributed by atoms with Crippen molar-refractivity contribution >= 4 is 12.4 Å². The zero-order valence-electron chi connectivity index (χ0n) is 15.6. The van der Waals surface area contributed by atoms with Gasteiger partial charge in [-0.1, -0.05) is 42.5 Å². The van der Waals surface area contributed by atoms with E-state index >= 15 is 0 Å². The van der Waals surface area contributed by atoms with Crippen LogP contribution in [0.1, 0.15) is 42.9 Å². The molecule has 1 fully saturated rings. The molecule has 0 amide bonds. The first kappa shape index (κ1) is 20.9. The first-order chi connectivity index (χ1) is 12.0. The highest BCUT2D eigenvalue weighted by atomic mass is 35.5. The molecular weight excluding hydrogens is 349 g/mol. The predicted octanol–water partition coefficient (Wildman–Crippen LogP) is 5.01. The Morgan fingerprint density at radius 2 is 1.62 bits per heavy atom. The van der Waals surface area contributed by atoms with Crippen LogP contribution in [-0.2, 0) is 6.42 Å². The van der Waals surface area contributed by atoms with Crippen molar-refractivity contribution in [2.75, 3.05) is 14.1 Å². The molecule has 1 aliphatic carbocycles. The molecule has 1 unspecified atom stereocenters. The molecule has 0 aromatic heterocycles. The summed E-state index contributed by atoms with van der Waals surface area (Å²) >= 11 is 0. The Kier molecular flexibility index (Phi) is 7.22. The summed E-state index contributed by atoms with van der Waals surface area (Å²) in [6, 6.07) is 17.5. The fourth-order valence-corrected chi connectivity index (χ4v) is 4.29. The Hall–Kier alpha value is -1.42. The van der Waals surface area contributed by atoms with Gasteiger partial charge >= 0.3 is 0 Å². The zero-order valence-corrected chi connectivity index (χ0v) is 16.4. The quantitative estimate of drug-likeness (QED) is 0.791. The van der Waals surface area contributed by atoms with Gasteiger partial charge in [0.05, 0.1) is 5.60 Å². The third-order valence-corrected chi connectivity index (χ3v) is 5.55. The zero-order chi connectivity index (χ0) is 17.9. The number of hydrogen-bond donors (Lipinski definition) is 1. The molecule has 1 aliphatic rings. The van der Waals surface area contributed by atoms with Crippen LogP contribution in [-0.4, -0.2) is 29.7 Å². The van der Waals surface area contributed by atoms with Gasteiger partial charge < -0.3 is 10.0 Å². The fraction of sp³-hybridized carbons (Fsp3) is 0.455. The summed E-state index contributed by atoms with van der Waals surface area (Å²) in [5.41, 5.74) is 1.69. The van der Waals surface area contributed by atoms with Gasteiger partial charge in [-0.3, -0.25) is 0 Å². The number of hydrogen-bond acceptors (Lipinski definition) is 2. The van der Waals surface area contributed by atoms with Crippen LogP contribution in [0, 0.1) is 11.7 Å². The van der Waals surface area contributed by atoms with E-state index in [1.807, 2.05) is 0 Å². The van der Waals surface area contributed by atoms with E-state index in [-0.39, 0.29) is 18.2 Å². The number of nitrogens with zero attached hydrogens (tertiary/aromatic N) is 1. The van der Waals surface area contributed by atoms with E-state index in [2.05, 4.69) is 49.3 Å². The highest BCUT2D eigenvalue weighted by Crippen LogP contribution is 2.41. The van der Waals surface area contributed by atoms with Gasteiger partial charge in [0.1, 0.15) is 5.82 Å². The third kappa shape index (κ3) is 5.06. The Balaban J connectivity index is 0.00000243. The highest BCUT2D eigenvalue weighted by Gasteiger charge is 2.37. The topological polar surface area (TPSA) is 23.5 Å². The molecule has 0 heterocycles. The van der Waals surface area contributed by atoms with Gasteiger partial charge in [-0.25, -0.2) is 4.39 Å². The van der Waals surface area contributed by atoms with Crippen molar-refractivity contribution in [2.45, 2.75) is 43.7 Å². The second-order valence-corrected chi connectivity index (χ2v) is 7.68. The number of halogens is 2. The van der Waals surface area contributed by atoms with Crippen LogP contribution in [0.3, 0.4) is 0 Å². The summed E-state index contributed by atoms with van der Waals surface area (Å²) < 4.78 is 13.1. The van der Waals surface area contributed by atoms with Crippen LogP contribution >= 0.6 is 12.4 Å². The molecule has 0 radical (unpaired) electrons. The molecule has 26 heavy (non-hydrogen) atoms. The molecule has 2 aromatic carbocycles. The third-order valence-electron chi connectivity index (χ3n) is 5.55. The van der Waals surface area contributed by atoms with E-state index in [1.165, 1.54) is 17.7 Å². The van der Waals surface area contributed by atoms with E-state index in [1.54, 1.807) is 12.1 Å². The van der Waals surface area contributed by atoms with Crippen molar-refractivity contribution in [3.63, 3.8) is 0 Å². The second-order valence-electron chi connectivity index (χ2n) is 7.68. The Morgan fingerprint density at radius 1 is 1.04 bits per heavy atom. The smallest absolute Gasteiger partial charge is 0.123 e. The maximum atomic E-state index is 13.1. The molecule has 2 aromatic rings. The lowest BCUT2D eigenvalue weighted by molar-refractivity contribution is -0.0202. The summed E-state index contributed by atoms with van der Waals surface area (Å²) in [7, 11) is 4.27. The highest BCUT2D eigenvalue weighted by molar-refractivity contribution is 5.85. The minimum Gasteiger partial charge on any atom is -0.390 e. The molecule has 0 bridgehead atoms. The van der Waals surface area contributed by atoms with Crippen LogP contribution in [0.15, 0.2) is 54.6 Å². The van der Waals surface area contributed by atoms with Gasteiger partial charge in [0, 0.05) is 12.5 Å². The van der Waals surface area contributed by atoms with Gasteiger partial charge in [0.2, 0.25) is 0 Å². The molecular formula is C22H29ClFNO. The largest absolute Gasteiger partial charge is 0.390 e. The lowest BCUT2D eigenvalue weighted by Gasteiger charge is -2.41. The van der Waals surface area contributed by atoms with E-state index in [0.29, 0.717) is 18.4 Å². The number of benzene rings is 2. The van der Waals surface area contributed by atoms with Crippen LogP contribution in [0.2, 0.25) is 0 Å². The van der Waals surface area contributed by atoms with Crippen LogP contribution < -0.4 is 0 Å². The molecule has 0 aliphatic heterocycles. The molecule has 3 rings (SSSR count). The van der Waals surface area contributed by atoms with E-state index in [0.717, 1.165) is 31.2 Å². The van der Waals surface area contributed by atoms with Crippen LogP contribution in [0.4, 0.5) is 4.39 Å². The Morgan fingerprint density at radius 3 is 2.15 bits per heavy atom. The summed E-state index contributed by atoms with van der Waals surface area (Å²) in [6.07, 6.45) is 4.22. The predicted molar refractivity (Wildman–Crippen MR) is 107 cm³/mol. The van der Waals surface area contributed by atoms with Crippen LogP contribution in [0.25, 0.3) is 0 Å². The van der Waals surface area contributed by atoms with Gasteiger partial charge in [-0.05, 0) is 69.0 Å². The monoisotopic (exact) mass is 377 g/mol. The van der Waals surface area contributed by atoms with Crippen LogP contribution in [0.5, 0.6) is 0 Å². The van der Waals surface area contributed by atoms with Crippen molar-refractivity contribution in [1.29, 1.82) is 0 Å². The van der Waals surface area contributed by atoms with Gasteiger partial charge in [0.25, 0.3) is 0 Å². The Labute approximate surface area is 162 Å². The second kappa shape index (κ2) is 8.98. The average molecular weight is 378 g/mol. The van der Waals surface area contributed by atoms with Gasteiger partial charge in [0.15, 0.2) is 0 Å². The molecule has 4 heteroatoms. The summed E-state index contributed by atoms with van der Waals surface area (Å²) in [5, 5.41) is 11.0. The normalized spacial score (nSPS) is 24.1. The average Bonchev–Trinajstić information content (AvgIpc) is 2.60. The summed E-state index contributed by atoms with van der Waals surface area (Å²) in [6.45, 7) is 0. The molecule has 2 nitrogen and oxygen atoms in total. The molecule has 142 valence electrons. The van der Waals surface area contributed by atoms with E-state index in [4.69, 9.17) is 0 Å². The standard InChI is InChI=1S/C22H28FNO.ClH/c1-24(2)21(18-6-4-3-5-7-18)19-12-14-22(25,15-13-19)16-17-8-10-20(23)11-9-17;/h3-11,19,21,25H,12-16H2,1-2H3;1H. The molecule has 1 N–H and O–H groups in total. The lowest BCUT2D eigenvalue weighted by Crippen LogP contribution is -2.39. The summed E-state index contributed by atoms with van der Waals surface area (Å²) in [4.78, 5) is 2.30. The maximum Gasteiger partial charge on any atom is 0.123 e. The minimum atomic E-state index is -0.665. The number of aliphatic hydroxyl groups is 1. The first-order valence-electron chi connectivity index (χ1n) is 9.15. The molecule has 0 spiro atoms. The van der Waals surface area contributed by atoms with Gasteiger partial charge in [-0.15, -0.1) is 12.4 Å². The SMILES string of the molecule is CN(C)C(c1ccccc1)C1CCC(O)(Cc2ccc(F)cc2)CC1.Cl. The van der Waals surface area contributed by atoms with E-state index < -0.39 is 5.60 Å². The van der Waals surface area contributed by atoms with Crippen molar-refractivity contribution < 1.29 is 9.50 Å².